The molecular weight excluding hydrogens is 526 g/mol. The summed E-state index contributed by atoms with van der Waals surface area (Å²) in [5.41, 5.74) is 4.08. The van der Waals surface area contributed by atoms with Crippen LogP contribution < -0.4 is 10.2 Å². The van der Waals surface area contributed by atoms with Crippen molar-refractivity contribution in [3.05, 3.63) is 77.6 Å². The van der Waals surface area contributed by atoms with Gasteiger partial charge in [0.2, 0.25) is 0 Å². The highest BCUT2D eigenvalue weighted by molar-refractivity contribution is 7.90. The van der Waals surface area contributed by atoms with Crippen LogP contribution in [0.3, 0.4) is 0 Å². The van der Waals surface area contributed by atoms with E-state index >= 15 is 0 Å². The molecule has 1 N–H and O–H groups in total. The van der Waals surface area contributed by atoms with Crippen LogP contribution in [0.4, 0.5) is 5.82 Å². The summed E-state index contributed by atoms with van der Waals surface area (Å²) in [7, 11) is -3.44. The second kappa shape index (κ2) is 9.64. The first-order chi connectivity index (χ1) is 19.3. The van der Waals surface area contributed by atoms with E-state index in [4.69, 9.17) is 14.7 Å². The highest BCUT2D eigenvalue weighted by atomic mass is 32.2. The summed E-state index contributed by atoms with van der Waals surface area (Å²) in [4.78, 5) is 29.6. The summed E-state index contributed by atoms with van der Waals surface area (Å²) < 4.78 is 30.5. The highest BCUT2D eigenvalue weighted by Gasteiger charge is 2.38. The van der Waals surface area contributed by atoms with Gasteiger partial charge >= 0.3 is 0 Å². The molecule has 0 spiro atoms. The zero-order chi connectivity index (χ0) is 27.4. The zero-order valence-corrected chi connectivity index (χ0v) is 22.9. The van der Waals surface area contributed by atoms with Gasteiger partial charge in [-0.05, 0) is 66.8 Å². The van der Waals surface area contributed by atoms with Gasteiger partial charge in [-0.15, -0.1) is 0 Å². The Morgan fingerprint density at radius 1 is 1.02 bits per heavy atom. The standard InChI is InChI=1S/C30H29N5O4S/c1-40(37,38)28-11-19(7-9-24(28)18-5-6-18)30(36)32-15-21-12-27-20(14-31-21)8-10-26(33-27)25-3-2-4-29(34-25)35-16-22-13-23(17-35)39-22/h2-4,7-12,14,18,22-23H,5-6,13,15-17H2,1H3,(H,32,36). The molecule has 1 aromatic carbocycles. The lowest BCUT2D eigenvalue weighted by Gasteiger charge is -2.47. The minimum Gasteiger partial charge on any atom is -0.371 e. The molecule has 2 atom stereocenters. The van der Waals surface area contributed by atoms with Gasteiger partial charge in [-0.2, -0.15) is 0 Å². The van der Waals surface area contributed by atoms with Gasteiger partial charge in [0.15, 0.2) is 9.84 Å². The molecule has 4 fully saturated rings. The van der Waals surface area contributed by atoms with Crippen LogP contribution in [0.1, 0.15) is 46.8 Å². The fourth-order valence-corrected chi connectivity index (χ4v) is 6.59. The number of fused-ring (bicyclic) bond motifs is 3. The van der Waals surface area contributed by atoms with Gasteiger partial charge in [0.1, 0.15) is 5.82 Å². The molecule has 1 amide bonds. The second-order valence-electron chi connectivity index (χ2n) is 10.9. The first kappa shape index (κ1) is 25.1. The molecular formula is C30H29N5O4S. The monoisotopic (exact) mass is 555 g/mol. The fraction of sp³-hybridized carbons (Fsp3) is 0.333. The average molecular weight is 556 g/mol. The second-order valence-corrected chi connectivity index (χ2v) is 12.9. The molecule has 10 heteroatoms. The molecule has 2 unspecified atom stereocenters. The minimum absolute atomic E-state index is 0.187. The number of hydrogen-bond donors (Lipinski definition) is 1. The summed E-state index contributed by atoms with van der Waals surface area (Å²) in [5.74, 6) is 0.848. The van der Waals surface area contributed by atoms with Crippen molar-refractivity contribution in [3.8, 4) is 11.4 Å². The Morgan fingerprint density at radius 3 is 2.55 bits per heavy atom. The predicted octanol–water partition coefficient (Wildman–Crippen LogP) is 3.88. The third-order valence-electron chi connectivity index (χ3n) is 7.83. The van der Waals surface area contributed by atoms with Crippen molar-refractivity contribution in [1.29, 1.82) is 0 Å². The summed E-state index contributed by atoms with van der Waals surface area (Å²) in [6.45, 7) is 1.91. The number of hydrogen-bond acceptors (Lipinski definition) is 8. The Morgan fingerprint density at radius 2 is 1.80 bits per heavy atom. The van der Waals surface area contributed by atoms with Gasteiger partial charge in [-0.1, -0.05) is 12.1 Å². The highest BCUT2D eigenvalue weighted by Crippen LogP contribution is 2.43. The van der Waals surface area contributed by atoms with Crippen molar-refractivity contribution in [2.75, 3.05) is 24.2 Å². The average Bonchev–Trinajstić information content (AvgIpc) is 3.80. The third kappa shape index (κ3) is 4.93. The number of pyridine rings is 3. The van der Waals surface area contributed by atoms with Crippen LogP contribution >= 0.6 is 0 Å². The van der Waals surface area contributed by atoms with E-state index in [1.165, 1.54) is 12.3 Å². The molecule has 204 valence electrons. The van der Waals surface area contributed by atoms with E-state index < -0.39 is 9.84 Å². The first-order valence-electron chi connectivity index (χ1n) is 13.6. The molecule has 3 aliphatic heterocycles. The van der Waals surface area contributed by atoms with Crippen LogP contribution in [0, 0.1) is 0 Å². The normalized spacial score (nSPS) is 20.3. The van der Waals surface area contributed by atoms with E-state index in [-0.39, 0.29) is 23.3 Å². The van der Waals surface area contributed by atoms with Crippen LogP contribution in [0.15, 0.2) is 65.7 Å². The van der Waals surface area contributed by atoms with Gasteiger partial charge in [0.05, 0.1) is 46.2 Å². The number of nitrogens with one attached hydrogen (secondary N) is 1. The lowest BCUT2D eigenvalue weighted by Crippen LogP contribution is -2.57. The Kier molecular flexibility index (Phi) is 6.05. The molecule has 8 rings (SSSR count). The van der Waals surface area contributed by atoms with Crippen molar-refractivity contribution in [3.63, 3.8) is 0 Å². The largest absolute Gasteiger partial charge is 0.371 e. The van der Waals surface area contributed by atoms with Crippen molar-refractivity contribution < 1.29 is 17.9 Å². The lowest BCUT2D eigenvalue weighted by molar-refractivity contribution is -0.133. The van der Waals surface area contributed by atoms with Crippen molar-refractivity contribution >= 4 is 32.5 Å². The molecule has 3 aromatic heterocycles. The molecule has 4 aromatic rings. The third-order valence-corrected chi connectivity index (χ3v) is 8.98. The van der Waals surface area contributed by atoms with Crippen LogP contribution in [0.2, 0.25) is 0 Å². The van der Waals surface area contributed by atoms with Gasteiger partial charge in [-0.25, -0.2) is 18.4 Å². The smallest absolute Gasteiger partial charge is 0.251 e. The molecule has 1 aliphatic carbocycles. The Bertz CT molecular complexity index is 1740. The number of piperidine rings is 1. The zero-order valence-electron chi connectivity index (χ0n) is 22.1. The molecule has 4 aliphatic rings. The molecule has 9 nitrogen and oxygen atoms in total. The van der Waals surface area contributed by atoms with Crippen LogP contribution in [0.25, 0.3) is 22.3 Å². The SMILES string of the molecule is CS(=O)(=O)c1cc(C(=O)NCc2cc3nc(-c4cccc(N5CC6CC(C5)O6)n4)ccc3cn2)ccc1C1CC1. The lowest BCUT2D eigenvalue weighted by atomic mass is 9.99. The number of carbonyl (C=O) groups is 1. The molecule has 6 heterocycles. The fourth-order valence-electron chi connectivity index (χ4n) is 5.58. The van der Waals surface area contributed by atoms with E-state index in [0.29, 0.717) is 23.5 Å². The van der Waals surface area contributed by atoms with Gasteiger partial charge in [0, 0.05) is 42.9 Å². The summed E-state index contributed by atoms with van der Waals surface area (Å²) in [6.07, 6.45) is 6.63. The van der Waals surface area contributed by atoms with E-state index in [2.05, 4.69) is 15.2 Å². The topological polar surface area (TPSA) is 114 Å². The maximum absolute atomic E-state index is 12.9. The molecule has 3 saturated heterocycles. The van der Waals surface area contributed by atoms with Crippen LogP contribution in [0.5, 0.6) is 0 Å². The number of ether oxygens (including phenoxy) is 1. The number of morpholine rings is 1. The van der Waals surface area contributed by atoms with E-state index in [1.54, 1.807) is 18.3 Å². The molecule has 40 heavy (non-hydrogen) atoms. The molecule has 2 bridgehead atoms. The Hall–Kier alpha value is -3.89. The predicted molar refractivity (Wildman–Crippen MR) is 151 cm³/mol. The Balaban J connectivity index is 1.08. The van der Waals surface area contributed by atoms with E-state index in [9.17, 15) is 13.2 Å². The van der Waals surface area contributed by atoms with E-state index in [0.717, 1.165) is 66.0 Å². The van der Waals surface area contributed by atoms with Gasteiger partial charge in [-0.3, -0.25) is 9.78 Å². The van der Waals surface area contributed by atoms with Crippen molar-refractivity contribution in [1.82, 2.24) is 20.3 Å². The van der Waals surface area contributed by atoms with E-state index in [1.807, 2.05) is 36.4 Å². The summed E-state index contributed by atoms with van der Waals surface area (Å²) in [6, 6.07) is 16.7. The number of anilines is 1. The van der Waals surface area contributed by atoms with Crippen molar-refractivity contribution in [2.24, 2.45) is 0 Å². The quantitative estimate of drug-likeness (QED) is 0.366. The maximum Gasteiger partial charge on any atom is 0.251 e. The van der Waals surface area contributed by atoms with Crippen molar-refractivity contribution in [2.45, 2.75) is 48.8 Å². The minimum atomic E-state index is -3.44. The maximum atomic E-state index is 12.9. The number of aromatic nitrogens is 3. The number of nitrogens with zero attached hydrogens (tertiary/aromatic N) is 4. The Labute approximate surface area is 232 Å². The molecule has 0 radical (unpaired) electrons. The summed E-state index contributed by atoms with van der Waals surface area (Å²) >= 11 is 0. The van der Waals surface area contributed by atoms with Crippen LogP contribution in [-0.2, 0) is 21.1 Å². The summed E-state index contributed by atoms with van der Waals surface area (Å²) in [5, 5.41) is 3.75. The number of amides is 1. The van der Waals surface area contributed by atoms with Gasteiger partial charge < -0.3 is 15.0 Å². The number of rotatable bonds is 7. The first-order valence-corrected chi connectivity index (χ1v) is 15.4. The number of carbonyl (C=O) groups excluding carboxylic acids is 1. The number of benzene rings is 1. The number of sulfone groups is 1. The van der Waals surface area contributed by atoms with Gasteiger partial charge in [0.25, 0.3) is 5.91 Å². The molecule has 1 saturated carbocycles. The van der Waals surface area contributed by atoms with Crippen LogP contribution in [-0.4, -0.2) is 60.8 Å².